The fourth-order valence-electron chi connectivity index (χ4n) is 2.54. The number of thioether (sulfide) groups is 1. The number of carbonyl (C=O) groups is 2. The monoisotopic (exact) mass is 325 g/mol. The highest BCUT2D eigenvalue weighted by molar-refractivity contribution is 7.99. The third kappa shape index (κ3) is 3.18. The van der Waals surface area contributed by atoms with Crippen LogP contribution in [-0.4, -0.2) is 68.3 Å². The number of H-pyrrole nitrogens is 1. The molecule has 0 bridgehead atoms. The largest absolute Gasteiger partial charge is 0.344 e. The van der Waals surface area contributed by atoms with Crippen molar-refractivity contribution in [3.63, 3.8) is 0 Å². The summed E-state index contributed by atoms with van der Waals surface area (Å²) in [6.45, 7) is 3.84. The topological polar surface area (TPSA) is 91.3 Å². The van der Waals surface area contributed by atoms with Gasteiger partial charge in [-0.05, 0) is 12.8 Å². The third-order valence-corrected chi connectivity index (χ3v) is 4.92. The van der Waals surface area contributed by atoms with E-state index in [2.05, 4.69) is 10.2 Å². The van der Waals surface area contributed by atoms with Gasteiger partial charge < -0.3 is 9.80 Å². The minimum Gasteiger partial charge on any atom is -0.339 e. The average Bonchev–Trinajstić information content (AvgIpc) is 3.28. The Kier molecular flexibility index (Phi) is 4.23. The van der Waals surface area contributed by atoms with Gasteiger partial charge in [-0.25, -0.2) is 9.89 Å². The Morgan fingerprint density at radius 2 is 1.86 bits per heavy atom. The van der Waals surface area contributed by atoms with Gasteiger partial charge in [-0.2, -0.15) is 0 Å². The van der Waals surface area contributed by atoms with Crippen LogP contribution in [0.5, 0.6) is 0 Å². The lowest BCUT2D eigenvalue weighted by atomic mass is 10.3. The van der Waals surface area contributed by atoms with Crippen LogP contribution in [0.1, 0.15) is 25.8 Å². The Hall–Kier alpha value is -1.77. The summed E-state index contributed by atoms with van der Waals surface area (Å²) >= 11 is 1.29. The minimum atomic E-state index is -0.201. The molecule has 0 spiro atoms. The molecule has 1 saturated heterocycles. The highest BCUT2D eigenvalue weighted by atomic mass is 32.2. The molecule has 1 saturated carbocycles. The Morgan fingerprint density at radius 1 is 1.23 bits per heavy atom. The number of aromatic nitrogens is 3. The molecule has 120 valence electrons. The van der Waals surface area contributed by atoms with E-state index < -0.39 is 0 Å². The van der Waals surface area contributed by atoms with E-state index in [1.807, 2.05) is 0 Å². The van der Waals surface area contributed by atoms with Crippen LogP contribution in [0, 0.1) is 0 Å². The Bertz CT molecular complexity index is 628. The molecule has 1 aromatic heterocycles. The molecule has 3 rings (SSSR count). The second kappa shape index (κ2) is 6.15. The molecule has 1 N–H and O–H groups in total. The van der Waals surface area contributed by atoms with Gasteiger partial charge in [0.2, 0.25) is 11.8 Å². The zero-order valence-electron chi connectivity index (χ0n) is 12.4. The number of carbonyl (C=O) groups excluding carboxylic acids is 2. The van der Waals surface area contributed by atoms with E-state index in [9.17, 15) is 14.4 Å². The highest BCUT2D eigenvalue weighted by Gasteiger charge is 2.29. The number of nitrogens with one attached hydrogen (secondary N) is 1. The Balaban J connectivity index is 1.53. The number of amides is 2. The number of hydrogen-bond donors (Lipinski definition) is 1. The zero-order valence-corrected chi connectivity index (χ0v) is 13.3. The molecule has 1 aromatic rings. The summed E-state index contributed by atoms with van der Waals surface area (Å²) in [6.07, 6.45) is 1.99. The molecule has 9 heteroatoms. The predicted octanol–water partition coefficient (Wildman–Crippen LogP) is -0.311. The van der Waals surface area contributed by atoms with Gasteiger partial charge in [0.1, 0.15) is 0 Å². The van der Waals surface area contributed by atoms with Crippen molar-refractivity contribution in [1.82, 2.24) is 24.6 Å². The van der Waals surface area contributed by atoms with Gasteiger partial charge in [0.05, 0.1) is 5.75 Å². The zero-order chi connectivity index (χ0) is 15.7. The van der Waals surface area contributed by atoms with Gasteiger partial charge in [-0.3, -0.25) is 14.2 Å². The lowest BCUT2D eigenvalue weighted by Gasteiger charge is -2.34. The smallest absolute Gasteiger partial charge is 0.339 e. The average molecular weight is 325 g/mol. The number of piperazine rings is 1. The van der Waals surface area contributed by atoms with Crippen molar-refractivity contribution in [3.05, 3.63) is 10.5 Å². The Labute approximate surface area is 131 Å². The maximum Gasteiger partial charge on any atom is 0.344 e. The molecule has 0 atom stereocenters. The van der Waals surface area contributed by atoms with E-state index in [-0.39, 0.29) is 29.3 Å². The molecule has 2 aliphatic rings. The number of hydrogen-bond acceptors (Lipinski definition) is 5. The summed E-state index contributed by atoms with van der Waals surface area (Å²) in [5.41, 5.74) is -0.201. The first kappa shape index (κ1) is 15.1. The molecule has 22 heavy (non-hydrogen) atoms. The van der Waals surface area contributed by atoms with Gasteiger partial charge in [-0.15, -0.1) is 5.10 Å². The predicted molar refractivity (Wildman–Crippen MR) is 80.7 cm³/mol. The van der Waals surface area contributed by atoms with Crippen LogP contribution in [0.2, 0.25) is 0 Å². The molecule has 2 amide bonds. The molecule has 1 aliphatic heterocycles. The lowest BCUT2D eigenvalue weighted by Crippen LogP contribution is -2.50. The molecule has 1 aliphatic carbocycles. The van der Waals surface area contributed by atoms with E-state index in [4.69, 9.17) is 0 Å². The van der Waals surface area contributed by atoms with Gasteiger partial charge in [0, 0.05) is 39.1 Å². The second-order valence-corrected chi connectivity index (χ2v) is 6.53. The molecule has 0 aromatic carbocycles. The normalized spacial score (nSPS) is 18.6. The molecule has 0 radical (unpaired) electrons. The van der Waals surface area contributed by atoms with Gasteiger partial charge in [0.25, 0.3) is 0 Å². The van der Waals surface area contributed by atoms with Crippen molar-refractivity contribution in [3.8, 4) is 0 Å². The van der Waals surface area contributed by atoms with Gasteiger partial charge >= 0.3 is 5.69 Å². The van der Waals surface area contributed by atoms with Crippen LogP contribution in [0.4, 0.5) is 0 Å². The SMILES string of the molecule is CC(=O)N1CCN(C(=O)CSc2n[nH]c(=O)n2C2CC2)CC1. The van der Waals surface area contributed by atoms with E-state index in [1.54, 1.807) is 21.3 Å². The molecular weight excluding hydrogens is 306 g/mol. The first-order chi connectivity index (χ1) is 10.6. The summed E-state index contributed by atoms with van der Waals surface area (Å²) in [5.74, 6) is 0.328. The van der Waals surface area contributed by atoms with E-state index in [0.29, 0.717) is 31.3 Å². The van der Waals surface area contributed by atoms with E-state index in [1.165, 1.54) is 11.8 Å². The maximum atomic E-state index is 12.2. The van der Waals surface area contributed by atoms with Crippen LogP contribution in [0.3, 0.4) is 0 Å². The minimum absolute atomic E-state index is 0.0194. The van der Waals surface area contributed by atoms with Crippen LogP contribution in [0.15, 0.2) is 9.95 Å². The second-order valence-electron chi connectivity index (χ2n) is 5.59. The van der Waals surface area contributed by atoms with Crippen LogP contribution >= 0.6 is 11.8 Å². The van der Waals surface area contributed by atoms with E-state index >= 15 is 0 Å². The molecule has 8 nitrogen and oxygen atoms in total. The standard InChI is InChI=1S/C13H19N5O3S/c1-9(19)16-4-6-17(7-5-16)11(20)8-22-13-15-14-12(21)18(13)10-2-3-10/h10H,2-8H2,1H3,(H,14,21). The number of rotatable bonds is 4. The fraction of sp³-hybridized carbons (Fsp3) is 0.692. The summed E-state index contributed by atoms with van der Waals surface area (Å²) in [6, 6.07) is 0.239. The van der Waals surface area contributed by atoms with E-state index in [0.717, 1.165) is 12.8 Å². The van der Waals surface area contributed by atoms with Crippen LogP contribution in [0.25, 0.3) is 0 Å². The van der Waals surface area contributed by atoms with Crippen molar-refractivity contribution < 1.29 is 9.59 Å². The molecule has 0 unspecified atom stereocenters. The molecule has 2 heterocycles. The number of nitrogens with zero attached hydrogens (tertiary/aromatic N) is 4. The van der Waals surface area contributed by atoms with Crippen molar-refractivity contribution in [2.75, 3.05) is 31.9 Å². The molecular formula is C13H19N5O3S. The molecule has 2 fully saturated rings. The van der Waals surface area contributed by atoms with Crippen molar-refractivity contribution in [2.45, 2.75) is 31.0 Å². The summed E-state index contributed by atoms with van der Waals surface area (Å²) in [7, 11) is 0. The van der Waals surface area contributed by atoms with Crippen LogP contribution in [-0.2, 0) is 9.59 Å². The van der Waals surface area contributed by atoms with Crippen molar-refractivity contribution in [2.24, 2.45) is 0 Å². The Morgan fingerprint density at radius 3 is 2.45 bits per heavy atom. The van der Waals surface area contributed by atoms with Crippen molar-refractivity contribution >= 4 is 23.6 Å². The third-order valence-electron chi connectivity index (χ3n) is 3.99. The fourth-order valence-corrected chi connectivity index (χ4v) is 3.45. The summed E-state index contributed by atoms with van der Waals surface area (Å²) < 4.78 is 1.64. The number of aromatic amines is 1. The first-order valence-corrected chi connectivity index (χ1v) is 8.38. The summed E-state index contributed by atoms with van der Waals surface area (Å²) in [4.78, 5) is 38.7. The lowest BCUT2D eigenvalue weighted by molar-refractivity contribution is -0.136. The first-order valence-electron chi connectivity index (χ1n) is 7.39. The quantitative estimate of drug-likeness (QED) is 0.767. The summed E-state index contributed by atoms with van der Waals surface area (Å²) in [5, 5.41) is 7.03. The highest BCUT2D eigenvalue weighted by Crippen LogP contribution is 2.36. The van der Waals surface area contributed by atoms with Crippen molar-refractivity contribution in [1.29, 1.82) is 0 Å². The maximum absolute atomic E-state index is 12.2. The van der Waals surface area contributed by atoms with Gasteiger partial charge in [-0.1, -0.05) is 11.8 Å². The van der Waals surface area contributed by atoms with Crippen LogP contribution < -0.4 is 5.69 Å². The van der Waals surface area contributed by atoms with Gasteiger partial charge in [0.15, 0.2) is 5.16 Å².